The zero-order valence-corrected chi connectivity index (χ0v) is 12.6. The summed E-state index contributed by atoms with van der Waals surface area (Å²) in [5.41, 5.74) is 8.77. The van der Waals surface area contributed by atoms with Crippen molar-refractivity contribution in [3.8, 4) is 0 Å². The molecule has 3 rings (SSSR count). The van der Waals surface area contributed by atoms with Gasteiger partial charge in [-0.3, -0.25) is 14.9 Å². The number of nitrogen functional groups attached to an aromatic ring is 1. The highest BCUT2D eigenvalue weighted by molar-refractivity contribution is 7.17. The topological polar surface area (TPSA) is 98.3 Å². The second-order valence-electron chi connectivity index (χ2n) is 5.27. The second-order valence-corrected chi connectivity index (χ2v) is 6.33. The minimum atomic E-state index is -0.486. The molecule has 114 valence electrons. The number of thiophene rings is 1. The lowest BCUT2D eigenvalue weighted by atomic mass is 9.87. The summed E-state index contributed by atoms with van der Waals surface area (Å²) in [7, 11) is 0. The van der Waals surface area contributed by atoms with Crippen molar-refractivity contribution in [2.75, 3.05) is 5.73 Å². The molecule has 3 N–H and O–H groups in total. The van der Waals surface area contributed by atoms with Crippen LogP contribution in [0.3, 0.4) is 0 Å². The molecule has 22 heavy (non-hydrogen) atoms. The number of nitrogens with zero attached hydrogens (tertiary/aromatic N) is 1. The van der Waals surface area contributed by atoms with Gasteiger partial charge in [-0.2, -0.15) is 0 Å². The molecule has 1 aliphatic rings. The summed E-state index contributed by atoms with van der Waals surface area (Å²) >= 11 is 0.890. The third-order valence-corrected chi connectivity index (χ3v) is 4.82. The van der Waals surface area contributed by atoms with E-state index in [1.807, 2.05) is 18.2 Å². The zero-order valence-electron chi connectivity index (χ0n) is 11.7. The Kier molecular flexibility index (Phi) is 3.81. The molecule has 0 bridgehead atoms. The van der Waals surface area contributed by atoms with E-state index in [-0.39, 0.29) is 17.0 Å². The number of nitrogens with two attached hydrogens (primary N) is 1. The number of hydrogen-bond acceptors (Lipinski definition) is 5. The van der Waals surface area contributed by atoms with E-state index in [0.717, 1.165) is 47.4 Å². The maximum absolute atomic E-state index is 12.3. The van der Waals surface area contributed by atoms with Gasteiger partial charge in [-0.15, -0.1) is 0 Å². The maximum atomic E-state index is 12.3. The summed E-state index contributed by atoms with van der Waals surface area (Å²) in [6, 6.07) is 8.51. The predicted molar refractivity (Wildman–Crippen MR) is 85.0 cm³/mol. The van der Waals surface area contributed by atoms with Crippen LogP contribution in [-0.4, -0.2) is 10.8 Å². The van der Waals surface area contributed by atoms with E-state index in [0.29, 0.717) is 4.88 Å². The fourth-order valence-corrected chi connectivity index (χ4v) is 3.49. The Morgan fingerprint density at radius 1 is 1.36 bits per heavy atom. The predicted octanol–water partition coefficient (Wildman–Crippen LogP) is 3.05. The number of hydrogen-bond donors (Lipinski definition) is 2. The van der Waals surface area contributed by atoms with Crippen LogP contribution in [0.25, 0.3) is 0 Å². The van der Waals surface area contributed by atoms with Crippen LogP contribution in [0, 0.1) is 10.1 Å². The molecule has 7 heteroatoms. The Morgan fingerprint density at radius 3 is 2.91 bits per heavy atom. The summed E-state index contributed by atoms with van der Waals surface area (Å²) in [5, 5.41) is 13.6. The molecule has 0 fully saturated rings. The Labute approximate surface area is 131 Å². The highest BCUT2D eigenvalue weighted by Gasteiger charge is 2.23. The number of anilines is 1. The van der Waals surface area contributed by atoms with Gasteiger partial charge in [0, 0.05) is 11.8 Å². The Morgan fingerprint density at radius 2 is 2.18 bits per heavy atom. The third kappa shape index (κ3) is 2.80. The van der Waals surface area contributed by atoms with Gasteiger partial charge in [-0.05, 0) is 48.6 Å². The van der Waals surface area contributed by atoms with Gasteiger partial charge in [-0.1, -0.05) is 17.4 Å². The normalized spacial score (nSPS) is 16.8. The summed E-state index contributed by atoms with van der Waals surface area (Å²) in [6.45, 7) is 0. The van der Waals surface area contributed by atoms with E-state index < -0.39 is 4.92 Å². The summed E-state index contributed by atoms with van der Waals surface area (Å²) in [6.07, 6.45) is 2.79. The lowest BCUT2D eigenvalue weighted by molar-refractivity contribution is -0.380. The van der Waals surface area contributed by atoms with E-state index in [2.05, 4.69) is 5.32 Å². The quantitative estimate of drug-likeness (QED) is 0.516. The number of nitro groups is 1. The molecule has 1 amide bonds. The first kappa shape index (κ1) is 14.5. The maximum Gasteiger partial charge on any atom is 0.324 e. The van der Waals surface area contributed by atoms with Crippen LogP contribution >= 0.6 is 11.3 Å². The second kappa shape index (κ2) is 5.76. The molecule has 2 aromatic rings. The van der Waals surface area contributed by atoms with Crippen LogP contribution in [0.4, 0.5) is 10.7 Å². The number of fused-ring (bicyclic) bond motifs is 1. The average molecular weight is 317 g/mol. The minimum absolute atomic E-state index is 0.0260. The molecule has 1 aromatic carbocycles. The van der Waals surface area contributed by atoms with Crippen molar-refractivity contribution in [2.45, 2.75) is 25.3 Å². The molecule has 1 unspecified atom stereocenters. The summed E-state index contributed by atoms with van der Waals surface area (Å²) < 4.78 is 0. The number of aryl methyl sites for hydroxylation is 1. The van der Waals surface area contributed by atoms with Crippen LogP contribution < -0.4 is 11.1 Å². The fourth-order valence-electron chi connectivity index (χ4n) is 2.76. The van der Waals surface area contributed by atoms with Crippen molar-refractivity contribution in [3.63, 3.8) is 0 Å². The summed E-state index contributed by atoms with van der Waals surface area (Å²) in [5.74, 6) is -0.271. The highest BCUT2D eigenvalue weighted by Crippen LogP contribution is 2.32. The molecule has 0 saturated heterocycles. The number of benzene rings is 1. The van der Waals surface area contributed by atoms with Crippen molar-refractivity contribution >= 4 is 27.9 Å². The van der Waals surface area contributed by atoms with Gasteiger partial charge < -0.3 is 11.1 Å². The van der Waals surface area contributed by atoms with Gasteiger partial charge in [0.2, 0.25) is 0 Å². The minimum Gasteiger partial charge on any atom is -0.399 e. The summed E-state index contributed by atoms with van der Waals surface area (Å²) in [4.78, 5) is 22.8. The Balaban J connectivity index is 1.79. The molecule has 0 saturated carbocycles. The number of carbonyl (C=O) groups is 1. The van der Waals surface area contributed by atoms with Crippen LogP contribution in [0.15, 0.2) is 30.3 Å². The highest BCUT2D eigenvalue weighted by atomic mass is 32.1. The van der Waals surface area contributed by atoms with Gasteiger partial charge in [0.25, 0.3) is 5.91 Å². The SMILES string of the molecule is Nc1ccc2c(c1)CCCC2NC(=O)c1ccc([N+](=O)[O-])s1. The van der Waals surface area contributed by atoms with Crippen LogP contribution in [-0.2, 0) is 6.42 Å². The lowest BCUT2D eigenvalue weighted by Gasteiger charge is -2.26. The molecular formula is C15H15N3O3S. The van der Waals surface area contributed by atoms with E-state index in [1.165, 1.54) is 12.1 Å². The van der Waals surface area contributed by atoms with Gasteiger partial charge >= 0.3 is 5.00 Å². The van der Waals surface area contributed by atoms with Crippen molar-refractivity contribution in [1.29, 1.82) is 0 Å². The molecule has 0 aliphatic heterocycles. The van der Waals surface area contributed by atoms with Crippen LogP contribution in [0.5, 0.6) is 0 Å². The Hall–Kier alpha value is -2.41. The van der Waals surface area contributed by atoms with E-state index in [9.17, 15) is 14.9 Å². The van der Waals surface area contributed by atoms with Crippen molar-refractivity contribution in [2.24, 2.45) is 0 Å². The smallest absolute Gasteiger partial charge is 0.324 e. The fraction of sp³-hybridized carbons (Fsp3) is 0.267. The number of rotatable bonds is 3. The molecule has 6 nitrogen and oxygen atoms in total. The number of nitrogens with one attached hydrogen (secondary N) is 1. The molecule has 1 atom stereocenters. The largest absolute Gasteiger partial charge is 0.399 e. The van der Waals surface area contributed by atoms with E-state index >= 15 is 0 Å². The third-order valence-electron chi connectivity index (χ3n) is 3.78. The molecule has 0 spiro atoms. The lowest BCUT2D eigenvalue weighted by Crippen LogP contribution is -2.30. The molecule has 1 aliphatic carbocycles. The van der Waals surface area contributed by atoms with Crippen molar-refractivity contribution in [3.05, 3.63) is 56.5 Å². The number of amides is 1. The Bertz CT molecular complexity index is 741. The first-order chi connectivity index (χ1) is 10.5. The van der Waals surface area contributed by atoms with Gasteiger partial charge in [0.1, 0.15) is 0 Å². The van der Waals surface area contributed by atoms with Crippen LogP contribution in [0.1, 0.15) is 39.7 Å². The monoisotopic (exact) mass is 317 g/mol. The molecular weight excluding hydrogens is 302 g/mol. The first-order valence-corrected chi connectivity index (χ1v) is 7.79. The van der Waals surface area contributed by atoms with Crippen LogP contribution in [0.2, 0.25) is 0 Å². The zero-order chi connectivity index (χ0) is 15.7. The number of carbonyl (C=O) groups excluding carboxylic acids is 1. The van der Waals surface area contributed by atoms with Gasteiger partial charge in [-0.25, -0.2) is 0 Å². The van der Waals surface area contributed by atoms with Crippen molar-refractivity contribution < 1.29 is 9.72 Å². The molecule has 0 radical (unpaired) electrons. The van der Waals surface area contributed by atoms with E-state index in [1.54, 1.807) is 0 Å². The van der Waals surface area contributed by atoms with Gasteiger partial charge in [0.15, 0.2) is 0 Å². The first-order valence-electron chi connectivity index (χ1n) is 6.98. The molecule has 1 aromatic heterocycles. The standard InChI is InChI=1S/C15H15N3O3S/c16-10-4-5-11-9(8-10)2-1-3-12(11)17-15(19)13-6-7-14(22-13)18(20)21/h4-8,12H,1-3,16H2,(H,17,19). The van der Waals surface area contributed by atoms with E-state index in [4.69, 9.17) is 5.73 Å². The molecule has 1 heterocycles. The average Bonchev–Trinajstić information content (AvgIpc) is 2.97. The van der Waals surface area contributed by atoms with Crippen molar-refractivity contribution in [1.82, 2.24) is 5.32 Å². The van der Waals surface area contributed by atoms with Gasteiger partial charge in [0.05, 0.1) is 15.8 Å².